The number of amides is 8. The predicted molar refractivity (Wildman–Crippen MR) is 303 cm³/mol. The fraction of sp³-hybridized carbons (Fsp3) is 0.393. The normalized spacial score (nSPS) is 20.4. The summed E-state index contributed by atoms with van der Waals surface area (Å²) >= 11 is 1.27. The maximum Gasteiger partial charge on any atom is 0.243 e. The Labute approximate surface area is 467 Å². The minimum absolute atomic E-state index is 0.0325. The molecule has 3 aromatic heterocycles. The zero-order valence-corrected chi connectivity index (χ0v) is 45.6. The molecule has 424 valence electrons. The first-order chi connectivity index (χ1) is 38.6. The monoisotopic (exact) mass is 1110 g/mol. The van der Waals surface area contributed by atoms with Crippen molar-refractivity contribution in [3.8, 4) is 0 Å². The zero-order valence-electron chi connectivity index (χ0n) is 44.8. The van der Waals surface area contributed by atoms with Crippen molar-refractivity contribution in [1.29, 1.82) is 5.41 Å². The molecule has 0 spiro atoms. The Morgan fingerprint density at radius 3 is 2.12 bits per heavy atom. The highest BCUT2D eigenvalue weighted by Crippen LogP contribution is 2.31. The van der Waals surface area contributed by atoms with Crippen molar-refractivity contribution >= 4 is 86.7 Å². The molecule has 0 saturated carbocycles. The number of rotatable bonds is 17. The van der Waals surface area contributed by atoms with Crippen LogP contribution in [0.4, 0.5) is 0 Å². The molecule has 4 heterocycles. The number of aryl methyl sites for hydroxylation is 1. The van der Waals surface area contributed by atoms with Gasteiger partial charge < -0.3 is 68.5 Å². The molecule has 15 N–H and O–H groups in total. The van der Waals surface area contributed by atoms with Crippen LogP contribution in [0.5, 0.6) is 0 Å². The van der Waals surface area contributed by atoms with Crippen molar-refractivity contribution in [2.45, 2.75) is 132 Å². The number of fused-ring (bicyclic) bond motifs is 4. The number of aromatic amines is 2. The second-order valence-corrected chi connectivity index (χ2v) is 20.8. The number of carbonyl (C=O) groups is 8. The topological polar surface area (TPSA) is 358 Å². The van der Waals surface area contributed by atoms with E-state index < -0.39 is 89.6 Å². The average molecular weight is 1110 g/mol. The smallest absolute Gasteiger partial charge is 0.243 e. The summed E-state index contributed by atoms with van der Waals surface area (Å²) in [6.07, 6.45) is 8.50. The molecule has 0 saturated heterocycles. The minimum Gasteiger partial charge on any atom is -0.370 e. The lowest BCUT2D eigenvalue weighted by Crippen LogP contribution is -2.61. The number of aromatic nitrogens is 4. The molecular formula is C56H71N15O8S. The molecule has 3 aromatic carbocycles. The first kappa shape index (κ1) is 59.0. The van der Waals surface area contributed by atoms with Gasteiger partial charge >= 0.3 is 0 Å². The Kier molecular flexibility index (Phi) is 21.2. The first-order valence-corrected chi connectivity index (χ1v) is 27.8. The number of benzene rings is 3. The van der Waals surface area contributed by atoms with Gasteiger partial charge in [-0.3, -0.25) is 43.8 Å². The summed E-state index contributed by atoms with van der Waals surface area (Å²) < 4.78 is 1.96. The molecule has 7 rings (SSSR count). The van der Waals surface area contributed by atoms with Gasteiger partial charge in [-0.2, -0.15) is 0 Å². The molecular weight excluding hydrogens is 1040 g/mol. The molecule has 24 heteroatoms. The number of nitrogens with zero attached hydrogens (tertiary/aromatic N) is 2. The third kappa shape index (κ3) is 16.7. The van der Waals surface area contributed by atoms with Gasteiger partial charge in [-0.1, -0.05) is 92.6 Å². The number of hydrogen-bond donors (Lipinski definition) is 13. The van der Waals surface area contributed by atoms with Crippen molar-refractivity contribution in [1.82, 2.24) is 62.1 Å². The Balaban J connectivity index is 1.30. The van der Waals surface area contributed by atoms with Crippen LogP contribution in [0, 0.1) is 5.41 Å². The third-order valence-corrected chi connectivity index (χ3v) is 15.0. The maximum absolute atomic E-state index is 14.8. The van der Waals surface area contributed by atoms with Crippen LogP contribution in [-0.4, -0.2) is 127 Å². The van der Waals surface area contributed by atoms with E-state index in [1.807, 2.05) is 66.2 Å². The number of thioether (sulfide) groups is 1. The van der Waals surface area contributed by atoms with Crippen LogP contribution in [-0.2, 0) is 64.2 Å². The van der Waals surface area contributed by atoms with Gasteiger partial charge in [0.2, 0.25) is 47.3 Å². The predicted octanol–water partition coefficient (Wildman–Crippen LogP) is 1.81. The molecule has 0 unspecified atom stereocenters. The van der Waals surface area contributed by atoms with E-state index in [1.54, 1.807) is 42.7 Å². The first-order valence-electron chi connectivity index (χ1n) is 26.8. The van der Waals surface area contributed by atoms with E-state index in [0.717, 1.165) is 33.1 Å². The highest BCUT2D eigenvalue weighted by Gasteiger charge is 2.35. The number of nitrogens with two attached hydrogens (primary N) is 2. The lowest BCUT2D eigenvalue weighted by molar-refractivity contribution is -0.135. The Bertz CT molecular complexity index is 3130. The quantitative estimate of drug-likeness (QED) is 0.0354. The van der Waals surface area contributed by atoms with E-state index >= 15 is 0 Å². The summed E-state index contributed by atoms with van der Waals surface area (Å²) in [6.45, 7) is 3.69. The summed E-state index contributed by atoms with van der Waals surface area (Å²) in [6, 6.07) is 15.0. The average Bonchev–Trinajstić information content (AvgIpc) is 4.25. The molecule has 0 aliphatic carbocycles. The number of carbonyl (C=O) groups excluding carboxylic acids is 8. The number of H-pyrrole nitrogens is 2. The fourth-order valence-corrected chi connectivity index (χ4v) is 10.8. The van der Waals surface area contributed by atoms with Gasteiger partial charge in [0.1, 0.15) is 42.3 Å². The standard InChI is InChI=1S/C56H71N15O8S/c1-3-4-19-41(64-33(2)72)49(74)65-43-22-13-24-71-30-35-16-8-9-18-39(35)55(71)80-31-47(48(57)73)70-53(78)45(26-36-28-62-40-20-11-10-17-38(36)40)68-50(75)42(21-12-23-61-56(58)59)66-52(77)44(25-34-14-6-5-7-15-34)67-54(79)46(69-51(43)76)27-37-29-60-32-63-37/h5-11,14-18,20,28-30,32,41-47,62H,3-4,12-13,19,21-27,31H2,1-2H3,(H2,57,73)(H,60,63)(H,64,72)(H,65,74)(H,66,77)(H,67,79)(H,68,75)(H,69,76)(H,70,78)(H4,58,59,61)/t41-,42-,43-,44+,45-,46-,47-/m0/s1. The molecule has 7 atom stereocenters. The van der Waals surface area contributed by atoms with Gasteiger partial charge in [-0.05, 0) is 49.3 Å². The van der Waals surface area contributed by atoms with Crippen LogP contribution in [0.1, 0.15) is 75.6 Å². The summed E-state index contributed by atoms with van der Waals surface area (Å²) in [5.41, 5.74) is 14.1. The zero-order chi connectivity index (χ0) is 57.1. The molecule has 6 aromatic rings. The third-order valence-electron chi connectivity index (χ3n) is 13.7. The van der Waals surface area contributed by atoms with Crippen LogP contribution < -0.4 is 54.0 Å². The van der Waals surface area contributed by atoms with E-state index in [0.29, 0.717) is 42.6 Å². The summed E-state index contributed by atoms with van der Waals surface area (Å²) in [5, 5.41) is 33.3. The second-order valence-electron chi connectivity index (χ2n) is 19.8. The molecule has 1 aliphatic heterocycles. The molecule has 0 fully saturated rings. The summed E-state index contributed by atoms with van der Waals surface area (Å²) in [4.78, 5) is 124. The van der Waals surface area contributed by atoms with E-state index in [-0.39, 0.29) is 56.8 Å². The number of unbranched alkanes of at least 4 members (excludes halogenated alkanes) is 1. The van der Waals surface area contributed by atoms with Gasteiger partial charge in [0.05, 0.1) is 17.0 Å². The second kappa shape index (κ2) is 28.8. The van der Waals surface area contributed by atoms with Gasteiger partial charge in [0, 0.05) is 85.3 Å². The maximum atomic E-state index is 14.8. The van der Waals surface area contributed by atoms with Crippen LogP contribution >= 0.6 is 11.8 Å². The number of guanidine groups is 1. The highest BCUT2D eigenvalue weighted by atomic mass is 32.2. The summed E-state index contributed by atoms with van der Waals surface area (Å²) in [7, 11) is 0. The van der Waals surface area contributed by atoms with E-state index in [1.165, 1.54) is 25.0 Å². The number of para-hydroxylation sites is 1. The largest absolute Gasteiger partial charge is 0.370 e. The highest BCUT2D eigenvalue weighted by molar-refractivity contribution is 7.99. The Morgan fingerprint density at radius 1 is 0.775 bits per heavy atom. The van der Waals surface area contributed by atoms with E-state index in [2.05, 4.69) is 57.5 Å². The van der Waals surface area contributed by atoms with Gasteiger partial charge in [-0.15, -0.1) is 11.8 Å². The number of hydrogen-bond acceptors (Lipinski definition) is 11. The molecule has 0 bridgehead atoms. The Hall–Kier alpha value is -8.67. The van der Waals surface area contributed by atoms with Gasteiger partial charge in [0.15, 0.2) is 5.96 Å². The number of nitrogens with one attached hydrogen (secondary N) is 11. The van der Waals surface area contributed by atoms with Crippen molar-refractivity contribution in [2.75, 3.05) is 12.3 Å². The Morgan fingerprint density at radius 2 is 1.43 bits per heavy atom. The summed E-state index contributed by atoms with van der Waals surface area (Å²) in [5.74, 6) is -6.00. The van der Waals surface area contributed by atoms with Crippen LogP contribution in [0.15, 0.2) is 109 Å². The molecule has 1 aliphatic rings. The molecule has 80 heavy (non-hydrogen) atoms. The number of primary amides is 1. The van der Waals surface area contributed by atoms with Crippen LogP contribution in [0.25, 0.3) is 21.7 Å². The minimum atomic E-state index is -1.37. The van der Waals surface area contributed by atoms with Crippen molar-refractivity contribution in [3.05, 3.63) is 121 Å². The van der Waals surface area contributed by atoms with E-state index in [4.69, 9.17) is 16.9 Å². The molecule has 8 amide bonds. The molecule has 0 radical (unpaired) electrons. The lowest BCUT2D eigenvalue weighted by atomic mass is 10.0. The molecule has 23 nitrogen and oxygen atoms in total. The van der Waals surface area contributed by atoms with Crippen LogP contribution in [0.2, 0.25) is 0 Å². The van der Waals surface area contributed by atoms with Crippen molar-refractivity contribution < 1.29 is 38.4 Å². The lowest BCUT2D eigenvalue weighted by Gasteiger charge is -2.28. The van der Waals surface area contributed by atoms with Crippen molar-refractivity contribution in [2.24, 2.45) is 11.5 Å². The SMILES string of the molecule is CCCC[C@H](NC(C)=O)C(=O)N[C@H]1CCCn2cc3ccccc3c2SC[C@@H](C(N)=O)NC(=O)[C@H](Cc2c[nH]c3ccccc23)NC(=O)[C@H](CCCNC(=N)N)NC(=O)[C@@H](Cc2ccccc2)NC(=O)[C@H](Cc2c[nH]cn2)NC1=O. The number of imidazole rings is 1. The fourth-order valence-electron chi connectivity index (χ4n) is 9.57. The van der Waals surface area contributed by atoms with Crippen LogP contribution in [0.3, 0.4) is 0 Å². The van der Waals surface area contributed by atoms with E-state index in [9.17, 15) is 38.4 Å². The van der Waals surface area contributed by atoms with Gasteiger partial charge in [-0.25, -0.2) is 4.98 Å². The van der Waals surface area contributed by atoms with Gasteiger partial charge in [0.25, 0.3) is 0 Å². The van der Waals surface area contributed by atoms with Crippen molar-refractivity contribution in [3.63, 3.8) is 0 Å².